The van der Waals surface area contributed by atoms with Crippen LogP contribution in [0.5, 0.6) is 0 Å². The highest BCUT2D eigenvalue weighted by Gasteiger charge is 2.15. The Morgan fingerprint density at radius 3 is 2.45 bits per heavy atom. The summed E-state index contributed by atoms with van der Waals surface area (Å²) < 4.78 is 1.69. The summed E-state index contributed by atoms with van der Waals surface area (Å²) in [5.41, 5.74) is 5.42. The van der Waals surface area contributed by atoms with Crippen molar-refractivity contribution in [2.24, 2.45) is 0 Å². The van der Waals surface area contributed by atoms with E-state index in [4.69, 9.17) is 0 Å². The summed E-state index contributed by atoms with van der Waals surface area (Å²) in [5, 5.41) is 12.6. The van der Waals surface area contributed by atoms with Crippen LogP contribution in [0.1, 0.15) is 16.7 Å². The van der Waals surface area contributed by atoms with Crippen molar-refractivity contribution in [2.75, 3.05) is 31.8 Å². The summed E-state index contributed by atoms with van der Waals surface area (Å²) in [5.74, 6) is 0.305. The molecule has 2 aromatic carbocycles. The minimum Gasteiger partial charge on any atom is -0.378 e. The second kappa shape index (κ2) is 9.09. The summed E-state index contributed by atoms with van der Waals surface area (Å²) in [6.07, 6.45) is 0. The van der Waals surface area contributed by atoms with Crippen molar-refractivity contribution in [1.29, 1.82) is 0 Å². The maximum absolute atomic E-state index is 12.6. The number of hydrogen-bond acceptors (Lipinski definition) is 6. The molecule has 0 N–H and O–H groups in total. The highest BCUT2D eigenvalue weighted by molar-refractivity contribution is 7.99. The van der Waals surface area contributed by atoms with E-state index in [0.717, 1.165) is 22.5 Å². The minimum absolute atomic E-state index is 0.0295. The second-order valence-corrected chi connectivity index (χ2v) is 8.21. The van der Waals surface area contributed by atoms with Crippen molar-refractivity contribution in [3.8, 4) is 5.69 Å². The fourth-order valence-corrected chi connectivity index (χ4v) is 3.79. The zero-order chi connectivity index (χ0) is 21.0. The number of aromatic nitrogens is 4. The van der Waals surface area contributed by atoms with E-state index < -0.39 is 0 Å². The van der Waals surface area contributed by atoms with E-state index in [9.17, 15) is 4.79 Å². The van der Waals surface area contributed by atoms with Crippen LogP contribution in [0.4, 0.5) is 5.69 Å². The van der Waals surface area contributed by atoms with Gasteiger partial charge >= 0.3 is 0 Å². The molecule has 152 valence electrons. The standard InChI is InChI=1S/C21H26N6OS/c1-15-6-11-19(16(2)12-15)27-21(22-23-24-27)29-14-20(28)26(5)13-17-7-9-18(10-8-17)25(3)4/h6-12H,13-14H2,1-5H3. The van der Waals surface area contributed by atoms with Crippen molar-refractivity contribution >= 4 is 23.4 Å². The van der Waals surface area contributed by atoms with Gasteiger partial charge in [-0.25, -0.2) is 0 Å². The fourth-order valence-electron chi connectivity index (χ4n) is 2.96. The first-order valence-electron chi connectivity index (χ1n) is 9.34. The molecule has 3 aromatic rings. The Bertz CT molecular complexity index is 983. The number of aryl methyl sites for hydroxylation is 2. The monoisotopic (exact) mass is 410 g/mol. The number of carbonyl (C=O) groups is 1. The fraction of sp³-hybridized carbons (Fsp3) is 0.333. The van der Waals surface area contributed by atoms with Crippen molar-refractivity contribution in [2.45, 2.75) is 25.5 Å². The zero-order valence-electron chi connectivity index (χ0n) is 17.5. The molecule has 0 aliphatic rings. The van der Waals surface area contributed by atoms with Gasteiger partial charge in [-0.15, -0.1) is 5.10 Å². The van der Waals surface area contributed by atoms with Crippen molar-refractivity contribution in [1.82, 2.24) is 25.1 Å². The van der Waals surface area contributed by atoms with Crippen LogP contribution >= 0.6 is 11.8 Å². The topological polar surface area (TPSA) is 67.2 Å². The number of carbonyl (C=O) groups excluding carboxylic acids is 1. The predicted molar refractivity (Wildman–Crippen MR) is 117 cm³/mol. The molecule has 0 atom stereocenters. The summed E-state index contributed by atoms with van der Waals surface area (Å²) in [4.78, 5) is 16.4. The SMILES string of the molecule is Cc1ccc(-n2nnnc2SCC(=O)N(C)Cc2ccc(N(C)C)cc2)c(C)c1. The van der Waals surface area contributed by atoms with Gasteiger partial charge in [0.2, 0.25) is 11.1 Å². The second-order valence-electron chi connectivity index (χ2n) is 7.26. The lowest BCUT2D eigenvalue weighted by molar-refractivity contribution is -0.127. The van der Waals surface area contributed by atoms with Gasteiger partial charge in [0, 0.05) is 33.4 Å². The smallest absolute Gasteiger partial charge is 0.233 e. The van der Waals surface area contributed by atoms with Gasteiger partial charge in [0.15, 0.2) is 0 Å². The number of anilines is 1. The van der Waals surface area contributed by atoms with Gasteiger partial charge in [0.1, 0.15) is 0 Å². The van der Waals surface area contributed by atoms with Crippen LogP contribution in [0.15, 0.2) is 47.6 Å². The summed E-state index contributed by atoms with van der Waals surface area (Å²) >= 11 is 1.34. The molecule has 0 unspecified atom stereocenters. The molecule has 0 saturated carbocycles. The number of tetrazole rings is 1. The molecular weight excluding hydrogens is 384 g/mol. The van der Waals surface area contributed by atoms with E-state index in [1.807, 2.05) is 52.3 Å². The van der Waals surface area contributed by atoms with Gasteiger partial charge in [0.05, 0.1) is 11.4 Å². The van der Waals surface area contributed by atoms with Crippen LogP contribution in [0.3, 0.4) is 0 Å². The van der Waals surface area contributed by atoms with E-state index in [0.29, 0.717) is 11.7 Å². The number of nitrogens with zero attached hydrogens (tertiary/aromatic N) is 6. The third kappa shape index (κ3) is 5.14. The van der Waals surface area contributed by atoms with E-state index >= 15 is 0 Å². The first-order valence-corrected chi connectivity index (χ1v) is 10.3. The van der Waals surface area contributed by atoms with E-state index in [1.165, 1.54) is 17.3 Å². The largest absolute Gasteiger partial charge is 0.378 e. The number of thioether (sulfide) groups is 1. The average molecular weight is 411 g/mol. The van der Waals surface area contributed by atoms with Gasteiger partial charge in [0.25, 0.3) is 0 Å². The Morgan fingerprint density at radius 2 is 1.79 bits per heavy atom. The lowest BCUT2D eigenvalue weighted by Crippen LogP contribution is -2.28. The van der Waals surface area contributed by atoms with E-state index in [1.54, 1.807) is 9.58 Å². The normalized spacial score (nSPS) is 10.8. The predicted octanol–water partition coefficient (Wildman–Crippen LogP) is 3.10. The molecule has 8 heteroatoms. The third-order valence-corrected chi connectivity index (χ3v) is 5.55. The van der Waals surface area contributed by atoms with Crippen molar-refractivity contribution in [3.05, 3.63) is 59.2 Å². The first kappa shape index (κ1) is 20.9. The molecule has 29 heavy (non-hydrogen) atoms. The van der Waals surface area contributed by atoms with Crippen LogP contribution in [0.2, 0.25) is 0 Å². The summed E-state index contributed by atoms with van der Waals surface area (Å²) in [6.45, 7) is 4.64. The molecule has 0 fully saturated rings. The molecule has 0 saturated heterocycles. The molecule has 1 amide bonds. The van der Waals surface area contributed by atoms with E-state index in [2.05, 4.69) is 45.5 Å². The highest BCUT2D eigenvalue weighted by atomic mass is 32.2. The van der Waals surface area contributed by atoms with Crippen molar-refractivity contribution < 1.29 is 4.79 Å². The van der Waals surface area contributed by atoms with Gasteiger partial charge in [-0.1, -0.05) is 41.6 Å². The van der Waals surface area contributed by atoms with Crippen LogP contribution in [0.25, 0.3) is 5.69 Å². The maximum Gasteiger partial charge on any atom is 0.233 e. The Kier molecular flexibility index (Phi) is 6.53. The molecule has 0 radical (unpaired) electrons. The molecule has 0 bridgehead atoms. The van der Waals surface area contributed by atoms with Gasteiger partial charge < -0.3 is 9.80 Å². The van der Waals surface area contributed by atoms with Gasteiger partial charge in [-0.3, -0.25) is 4.79 Å². The maximum atomic E-state index is 12.6. The lowest BCUT2D eigenvalue weighted by Gasteiger charge is -2.18. The zero-order valence-corrected chi connectivity index (χ0v) is 18.3. The Balaban J connectivity index is 1.61. The molecule has 3 rings (SSSR count). The van der Waals surface area contributed by atoms with E-state index in [-0.39, 0.29) is 11.7 Å². The Morgan fingerprint density at radius 1 is 1.07 bits per heavy atom. The third-order valence-electron chi connectivity index (χ3n) is 4.64. The molecular formula is C21H26N6OS. The van der Waals surface area contributed by atoms with Crippen LogP contribution in [-0.4, -0.2) is 57.9 Å². The molecule has 0 aliphatic carbocycles. The Hall–Kier alpha value is -2.87. The van der Waals surface area contributed by atoms with Gasteiger partial charge in [-0.2, -0.15) is 4.68 Å². The van der Waals surface area contributed by atoms with Crippen LogP contribution < -0.4 is 4.90 Å². The molecule has 7 nitrogen and oxygen atoms in total. The molecule has 0 spiro atoms. The molecule has 1 heterocycles. The number of hydrogen-bond donors (Lipinski definition) is 0. The molecule has 0 aliphatic heterocycles. The first-order chi connectivity index (χ1) is 13.8. The summed E-state index contributed by atoms with van der Waals surface area (Å²) in [7, 11) is 5.83. The van der Waals surface area contributed by atoms with Crippen LogP contribution in [-0.2, 0) is 11.3 Å². The van der Waals surface area contributed by atoms with Gasteiger partial charge in [-0.05, 0) is 53.6 Å². The lowest BCUT2D eigenvalue weighted by atomic mass is 10.1. The number of benzene rings is 2. The minimum atomic E-state index is 0.0295. The number of rotatable bonds is 7. The number of amides is 1. The quantitative estimate of drug-likeness (QED) is 0.558. The average Bonchev–Trinajstić information content (AvgIpc) is 3.14. The Labute approximate surface area is 175 Å². The summed E-state index contributed by atoms with van der Waals surface area (Å²) in [6, 6.07) is 14.3. The highest BCUT2D eigenvalue weighted by Crippen LogP contribution is 2.22. The van der Waals surface area contributed by atoms with Crippen LogP contribution in [0, 0.1) is 13.8 Å². The molecule has 1 aromatic heterocycles. The van der Waals surface area contributed by atoms with Crippen molar-refractivity contribution in [3.63, 3.8) is 0 Å².